The Labute approximate surface area is 189 Å². The van der Waals surface area contributed by atoms with Gasteiger partial charge in [-0.2, -0.15) is 0 Å². The summed E-state index contributed by atoms with van der Waals surface area (Å²) in [5, 5.41) is 4.78. The summed E-state index contributed by atoms with van der Waals surface area (Å²) in [6, 6.07) is 12.9. The first-order valence-corrected chi connectivity index (χ1v) is 11.1. The van der Waals surface area contributed by atoms with Crippen LogP contribution in [0.15, 0.2) is 47.8 Å². The van der Waals surface area contributed by atoms with Gasteiger partial charge >= 0.3 is 0 Å². The Balaban J connectivity index is 1.55. The van der Waals surface area contributed by atoms with Gasteiger partial charge in [0.25, 0.3) is 11.8 Å². The Kier molecular flexibility index (Phi) is 5.22. The smallest absolute Gasteiger partial charge is 0.262 e. The third-order valence-electron chi connectivity index (χ3n) is 5.81. The van der Waals surface area contributed by atoms with Crippen molar-refractivity contribution >= 4 is 28.8 Å². The van der Waals surface area contributed by atoms with Crippen molar-refractivity contribution in [3.63, 3.8) is 0 Å². The Hall–Kier alpha value is -3.52. The first kappa shape index (κ1) is 20.4. The summed E-state index contributed by atoms with van der Waals surface area (Å²) in [5.74, 6) is 1.54. The normalized spacial score (nSPS) is 17.0. The lowest BCUT2D eigenvalue weighted by atomic mass is 9.90. The molecular formula is C24H22N2O5S. The predicted octanol–water partition coefficient (Wildman–Crippen LogP) is 3.88. The summed E-state index contributed by atoms with van der Waals surface area (Å²) in [6.45, 7) is 0.514. The number of amides is 2. The maximum absolute atomic E-state index is 13.7. The number of carbonyl (C=O) groups excluding carboxylic acids is 2. The Morgan fingerprint density at radius 2 is 1.97 bits per heavy atom. The molecule has 32 heavy (non-hydrogen) atoms. The van der Waals surface area contributed by atoms with Crippen LogP contribution in [-0.4, -0.2) is 44.1 Å². The van der Waals surface area contributed by atoms with Crippen LogP contribution in [0.2, 0.25) is 0 Å². The third kappa shape index (κ3) is 3.46. The minimum atomic E-state index is -0.234. The van der Waals surface area contributed by atoms with E-state index in [9.17, 15) is 9.59 Å². The number of nitrogens with zero attached hydrogens (tertiary/aromatic N) is 1. The highest BCUT2D eigenvalue weighted by Gasteiger charge is 2.35. The molecule has 8 heteroatoms. The van der Waals surface area contributed by atoms with Crippen molar-refractivity contribution in [2.75, 3.05) is 32.7 Å². The van der Waals surface area contributed by atoms with Crippen LogP contribution in [0.3, 0.4) is 0 Å². The van der Waals surface area contributed by atoms with Crippen LogP contribution in [0.25, 0.3) is 0 Å². The zero-order valence-corrected chi connectivity index (χ0v) is 18.5. The number of ether oxygens (including phenoxy) is 3. The highest BCUT2D eigenvalue weighted by Crippen LogP contribution is 2.43. The van der Waals surface area contributed by atoms with Crippen molar-refractivity contribution in [3.05, 3.63) is 69.4 Å². The molecular weight excluding hydrogens is 428 g/mol. The molecule has 1 N–H and O–H groups in total. The van der Waals surface area contributed by atoms with Gasteiger partial charge in [-0.05, 0) is 59.3 Å². The van der Waals surface area contributed by atoms with Crippen LogP contribution < -0.4 is 19.5 Å². The highest BCUT2D eigenvalue weighted by molar-refractivity contribution is 7.10. The van der Waals surface area contributed by atoms with E-state index in [4.69, 9.17) is 14.2 Å². The van der Waals surface area contributed by atoms with Gasteiger partial charge in [0.15, 0.2) is 18.1 Å². The summed E-state index contributed by atoms with van der Waals surface area (Å²) in [4.78, 5) is 28.2. The fraction of sp³-hybridized carbons (Fsp3) is 0.250. The molecule has 1 atom stereocenters. The first-order chi connectivity index (χ1) is 15.6. The molecule has 5 rings (SSSR count). The molecule has 0 aliphatic carbocycles. The first-order valence-electron chi connectivity index (χ1n) is 10.2. The molecule has 3 aromatic rings. The number of hydrogen-bond acceptors (Lipinski definition) is 6. The minimum absolute atomic E-state index is 0.0544. The number of hydrogen-bond donors (Lipinski definition) is 1. The molecule has 0 saturated carbocycles. The Bertz CT molecular complexity index is 1190. The van der Waals surface area contributed by atoms with Crippen LogP contribution in [0.5, 0.6) is 17.2 Å². The van der Waals surface area contributed by atoms with E-state index in [-0.39, 0.29) is 24.5 Å². The molecule has 1 aromatic heterocycles. The van der Waals surface area contributed by atoms with Crippen LogP contribution >= 0.6 is 11.3 Å². The average molecular weight is 451 g/mol. The van der Waals surface area contributed by atoms with Gasteiger partial charge < -0.3 is 24.4 Å². The van der Waals surface area contributed by atoms with E-state index in [1.807, 2.05) is 34.5 Å². The molecule has 0 saturated heterocycles. The standard InChI is InChI=1S/C24H22N2O5S/c1-29-19-10-14-7-8-26(23(21-4-3-9-32-21)16(14)12-20(19)30-2)24(28)15-5-6-17-18(11-15)31-13-22(27)25-17/h3-6,9-12,23H,7-8,13H2,1-2H3,(H,25,27). The average Bonchev–Trinajstić information content (AvgIpc) is 3.36. The van der Waals surface area contributed by atoms with Gasteiger partial charge in [0, 0.05) is 17.0 Å². The van der Waals surface area contributed by atoms with E-state index < -0.39 is 0 Å². The van der Waals surface area contributed by atoms with Crippen molar-refractivity contribution in [1.29, 1.82) is 0 Å². The van der Waals surface area contributed by atoms with E-state index in [1.165, 1.54) is 0 Å². The second-order valence-corrected chi connectivity index (χ2v) is 8.60. The van der Waals surface area contributed by atoms with E-state index in [0.29, 0.717) is 41.5 Å². The maximum atomic E-state index is 13.7. The fourth-order valence-electron chi connectivity index (χ4n) is 4.29. The summed E-state index contributed by atoms with van der Waals surface area (Å²) < 4.78 is 16.5. The van der Waals surface area contributed by atoms with Gasteiger partial charge in [-0.15, -0.1) is 11.3 Å². The van der Waals surface area contributed by atoms with Crippen molar-refractivity contribution < 1.29 is 23.8 Å². The van der Waals surface area contributed by atoms with Gasteiger partial charge in [0.1, 0.15) is 5.75 Å². The second-order valence-electron chi connectivity index (χ2n) is 7.62. The summed E-state index contributed by atoms with van der Waals surface area (Å²) in [5.41, 5.74) is 3.27. The van der Waals surface area contributed by atoms with Crippen LogP contribution in [0.4, 0.5) is 5.69 Å². The van der Waals surface area contributed by atoms with Gasteiger partial charge in [0.05, 0.1) is 25.9 Å². The summed E-state index contributed by atoms with van der Waals surface area (Å²) in [6.07, 6.45) is 0.709. The molecule has 0 spiro atoms. The number of anilines is 1. The largest absolute Gasteiger partial charge is 0.493 e. The molecule has 164 valence electrons. The number of fused-ring (bicyclic) bond motifs is 2. The number of thiophene rings is 1. The number of nitrogens with one attached hydrogen (secondary N) is 1. The van der Waals surface area contributed by atoms with Crippen molar-refractivity contribution in [2.45, 2.75) is 12.5 Å². The lowest BCUT2D eigenvalue weighted by Gasteiger charge is -2.37. The molecule has 2 amide bonds. The molecule has 0 bridgehead atoms. The predicted molar refractivity (Wildman–Crippen MR) is 121 cm³/mol. The number of benzene rings is 2. The quantitative estimate of drug-likeness (QED) is 0.653. The molecule has 1 unspecified atom stereocenters. The van der Waals surface area contributed by atoms with E-state index in [0.717, 1.165) is 16.0 Å². The zero-order chi connectivity index (χ0) is 22.2. The van der Waals surface area contributed by atoms with Crippen molar-refractivity contribution in [1.82, 2.24) is 4.90 Å². The van der Waals surface area contributed by atoms with Gasteiger partial charge in [-0.1, -0.05) is 6.07 Å². The number of carbonyl (C=O) groups is 2. The topological polar surface area (TPSA) is 77.1 Å². The van der Waals surface area contributed by atoms with Crippen molar-refractivity contribution in [3.8, 4) is 17.2 Å². The highest BCUT2D eigenvalue weighted by atomic mass is 32.1. The van der Waals surface area contributed by atoms with Crippen LogP contribution in [0, 0.1) is 0 Å². The van der Waals surface area contributed by atoms with Gasteiger partial charge in [-0.25, -0.2) is 0 Å². The molecule has 3 heterocycles. The third-order valence-corrected chi connectivity index (χ3v) is 6.73. The van der Waals surface area contributed by atoms with Gasteiger partial charge in [-0.3, -0.25) is 9.59 Å². The van der Waals surface area contributed by atoms with Crippen LogP contribution in [-0.2, 0) is 11.2 Å². The lowest BCUT2D eigenvalue weighted by molar-refractivity contribution is -0.118. The summed E-state index contributed by atoms with van der Waals surface area (Å²) >= 11 is 1.62. The monoisotopic (exact) mass is 450 g/mol. The Morgan fingerprint density at radius 3 is 2.72 bits per heavy atom. The molecule has 2 aliphatic heterocycles. The second kappa shape index (κ2) is 8.20. The maximum Gasteiger partial charge on any atom is 0.262 e. The van der Waals surface area contributed by atoms with Crippen LogP contribution in [0.1, 0.15) is 32.4 Å². The molecule has 0 radical (unpaired) electrons. The van der Waals surface area contributed by atoms with E-state index in [1.54, 1.807) is 43.8 Å². The molecule has 7 nitrogen and oxygen atoms in total. The lowest BCUT2D eigenvalue weighted by Crippen LogP contribution is -2.40. The zero-order valence-electron chi connectivity index (χ0n) is 17.7. The summed E-state index contributed by atoms with van der Waals surface area (Å²) in [7, 11) is 3.24. The fourth-order valence-corrected chi connectivity index (χ4v) is 5.15. The number of methoxy groups -OCH3 is 2. The molecule has 0 fully saturated rings. The Morgan fingerprint density at radius 1 is 1.16 bits per heavy atom. The SMILES string of the molecule is COc1cc2c(cc1OC)C(c1cccs1)N(C(=O)c1ccc3c(c1)OCC(=O)N3)CC2. The van der Waals surface area contributed by atoms with E-state index in [2.05, 4.69) is 5.32 Å². The van der Waals surface area contributed by atoms with E-state index >= 15 is 0 Å². The minimum Gasteiger partial charge on any atom is -0.493 e. The van der Waals surface area contributed by atoms with Crippen molar-refractivity contribution in [2.24, 2.45) is 0 Å². The van der Waals surface area contributed by atoms with Gasteiger partial charge in [0.2, 0.25) is 0 Å². The molecule has 2 aliphatic rings. The number of rotatable bonds is 4. The molecule has 2 aromatic carbocycles.